The Morgan fingerprint density at radius 3 is 2.20 bits per heavy atom. The van der Waals surface area contributed by atoms with Gasteiger partial charge in [-0.3, -0.25) is 4.98 Å². The molecule has 0 spiro atoms. The van der Waals surface area contributed by atoms with Crippen molar-refractivity contribution >= 4 is 0 Å². The molecule has 25 heavy (non-hydrogen) atoms. The summed E-state index contributed by atoms with van der Waals surface area (Å²) in [7, 11) is 0. The van der Waals surface area contributed by atoms with Crippen LogP contribution in [0.1, 0.15) is 36.8 Å². The monoisotopic (exact) mass is 329 g/mol. The fourth-order valence-corrected chi connectivity index (χ4v) is 3.01. The highest BCUT2D eigenvalue weighted by Gasteiger charge is 2.33. The molecule has 0 bridgehead atoms. The number of nitrogens with zero attached hydrogens (tertiary/aromatic N) is 3. The van der Waals surface area contributed by atoms with Gasteiger partial charge in [-0.2, -0.15) is 0 Å². The second-order valence-electron chi connectivity index (χ2n) is 6.24. The summed E-state index contributed by atoms with van der Waals surface area (Å²) >= 11 is 0. The average Bonchev–Trinajstić information content (AvgIpc) is 3.50. The summed E-state index contributed by atoms with van der Waals surface area (Å²) in [6.45, 7) is 5.25. The number of hydrogen-bond donors (Lipinski definition) is 0. The average molecular weight is 329 g/mol. The highest BCUT2D eigenvalue weighted by molar-refractivity contribution is 5.59. The summed E-state index contributed by atoms with van der Waals surface area (Å²) in [6.07, 6.45) is 11.8. The SMILES string of the molecule is C=CC.c1ccc(-c2ccc(C(c3cncnc3)C3CC3)cn2)cc1. The maximum atomic E-state index is 4.66. The molecule has 1 aliphatic rings. The highest BCUT2D eigenvalue weighted by Crippen LogP contribution is 2.45. The zero-order valence-electron chi connectivity index (χ0n) is 14.5. The lowest BCUT2D eigenvalue weighted by Crippen LogP contribution is -2.05. The van der Waals surface area contributed by atoms with E-state index in [9.17, 15) is 0 Å². The Labute approximate surface area is 149 Å². The molecule has 0 aliphatic heterocycles. The Morgan fingerprint density at radius 2 is 1.64 bits per heavy atom. The zero-order valence-corrected chi connectivity index (χ0v) is 14.5. The van der Waals surface area contributed by atoms with Gasteiger partial charge in [-0.15, -0.1) is 6.58 Å². The van der Waals surface area contributed by atoms with Crippen molar-refractivity contribution in [1.29, 1.82) is 0 Å². The molecule has 1 fully saturated rings. The van der Waals surface area contributed by atoms with Crippen molar-refractivity contribution in [1.82, 2.24) is 15.0 Å². The molecule has 3 nitrogen and oxygen atoms in total. The van der Waals surface area contributed by atoms with Gasteiger partial charge in [0.2, 0.25) is 0 Å². The van der Waals surface area contributed by atoms with Gasteiger partial charge in [0.05, 0.1) is 5.69 Å². The van der Waals surface area contributed by atoms with Crippen LogP contribution < -0.4 is 0 Å². The Balaban J connectivity index is 0.000000569. The van der Waals surface area contributed by atoms with E-state index in [-0.39, 0.29) is 0 Å². The molecule has 3 aromatic rings. The van der Waals surface area contributed by atoms with E-state index in [1.54, 1.807) is 12.4 Å². The lowest BCUT2D eigenvalue weighted by Gasteiger charge is -2.16. The van der Waals surface area contributed by atoms with E-state index >= 15 is 0 Å². The van der Waals surface area contributed by atoms with Gasteiger partial charge >= 0.3 is 0 Å². The lowest BCUT2D eigenvalue weighted by atomic mass is 9.89. The predicted molar refractivity (Wildman–Crippen MR) is 102 cm³/mol. The predicted octanol–water partition coefficient (Wildman–Crippen LogP) is 5.27. The van der Waals surface area contributed by atoms with Gasteiger partial charge < -0.3 is 0 Å². The number of hydrogen-bond acceptors (Lipinski definition) is 3. The maximum Gasteiger partial charge on any atom is 0.115 e. The first kappa shape index (κ1) is 17.0. The van der Waals surface area contributed by atoms with E-state index in [4.69, 9.17) is 0 Å². The van der Waals surface area contributed by atoms with Gasteiger partial charge in [0.25, 0.3) is 0 Å². The van der Waals surface area contributed by atoms with Gasteiger partial charge in [0.1, 0.15) is 6.33 Å². The van der Waals surface area contributed by atoms with Crippen LogP contribution >= 0.6 is 0 Å². The lowest BCUT2D eigenvalue weighted by molar-refractivity contribution is 0.693. The van der Waals surface area contributed by atoms with Crippen LogP contribution in [0.3, 0.4) is 0 Å². The van der Waals surface area contributed by atoms with E-state index in [1.165, 1.54) is 24.0 Å². The molecule has 1 atom stereocenters. The minimum absolute atomic E-state index is 0.374. The van der Waals surface area contributed by atoms with Crippen LogP contribution in [0, 0.1) is 5.92 Å². The van der Waals surface area contributed by atoms with Crippen molar-refractivity contribution in [2.45, 2.75) is 25.7 Å². The largest absolute Gasteiger partial charge is 0.256 e. The van der Waals surface area contributed by atoms with Crippen molar-refractivity contribution < 1.29 is 0 Å². The van der Waals surface area contributed by atoms with Crippen LogP contribution in [0.4, 0.5) is 0 Å². The Morgan fingerprint density at radius 1 is 0.960 bits per heavy atom. The molecule has 1 unspecified atom stereocenters. The standard InChI is InChI=1S/C19H17N3.C3H6/c1-2-4-14(5-3-1)18-9-8-16(12-22-18)19(15-6-7-15)17-10-20-13-21-11-17;1-3-2/h1-5,8-13,15,19H,6-7H2;3H,1H2,2H3. The second kappa shape index (κ2) is 8.34. The number of rotatable bonds is 4. The summed E-state index contributed by atoms with van der Waals surface area (Å²) in [4.78, 5) is 13.0. The molecule has 3 heteroatoms. The van der Waals surface area contributed by atoms with Crippen LogP contribution in [-0.4, -0.2) is 15.0 Å². The fraction of sp³-hybridized carbons (Fsp3) is 0.227. The Hall–Kier alpha value is -2.81. The van der Waals surface area contributed by atoms with Crippen molar-refractivity contribution in [3.63, 3.8) is 0 Å². The molecular weight excluding hydrogens is 306 g/mol. The summed E-state index contributed by atoms with van der Waals surface area (Å²) < 4.78 is 0. The van der Waals surface area contributed by atoms with Crippen LogP contribution in [0.5, 0.6) is 0 Å². The minimum atomic E-state index is 0.374. The van der Waals surface area contributed by atoms with Crippen molar-refractivity contribution in [2.75, 3.05) is 0 Å². The fourth-order valence-electron chi connectivity index (χ4n) is 3.01. The molecule has 1 saturated carbocycles. The molecule has 4 rings (SSSR count). The summed E-state index contributed by atoms with van der Waals surface area (Å²) in [5.41, 5.74) is 4.62. The zero-order chi connectivity index (χ0) is 17.5. The molecule has 2 aromatic heterocycles. The molecular formula is C22H23N3. The molecule has 0 N–H and O–H groups in total. The van der Waals surface area contributed by atoms with Crippen molar-refractivity contribution in [2.24, 2.45) is 5.92 Å². The van der Waals surface area contributed by atoms with E-state index in [0.717, 1.165) is 11.3 Å². The first-order chi connectivity index (χ1) is 12.3. The van der Waals surface area contributed by atoms with E-state index in [0.29, 0.717) is 11.8 Å². The van der Waals surface area contributed by atoms with Gasteiger partial charge in [-0.05, 0) is 42.9 Å². The number of allylic oxidation sites excluding steroid dienone is 1. The smallest absolute Gasteiger partial charge is 0.115 e. The normalized spacial score (nSPS) is 14.1. The molecule has 1 aliphatic carbocycles. The number of pyridine rings is 1. The Bertz CT molecular complexity index is 779. The molecule has 0 saturated heterocycles. The van der Waals surface area contributed by atoms with E-state index in [2.05, 4.69) is 45.8 Å². The van der Waals surface area contributed by atoms with Crippen LogP contribution in [0.25, 0.3) is 11.3 Å². The molecule has 1 aromatic carbocycles. The first-order valence-corrected chi connectivity index (χ1v) is 8.66. The van der Waals surface area contributed by atoms with Crippen LogP contribution in [0.15, 0.2) is 80.0 Å². The van der Waals surface area contributed by atoms with Crippen molar-refractivity contribution in [3.05, 3.63) is 91.2 Å². The molecule has 2 heterocycles. The maximum absolute atomic E-state index is 4.66. The summed E-state index contributed by atoms with van der Waals surface area (Å²) in [5.74, 6) is 1.08. The summed E-state index contributed by atoms with van der Waals surface area (Å²) in [6, 6.07) is 14.6. The third kappa shape index (κ3) is 4.38. The molecule has 0 amide bonds. The quantitative estimate of drug-likeness (QED) is 0.612. The third-order valence-electron chi connectivity index (χ3n) is 4.25. The minimum Gasteiger partial charge on any atom is -0.256 e. The van der Waals surface area contributed by atoms with Gasteiger partial charge in [0, 0.05) is 30.1 Å². The van der Waals surface area contributed by atoms with Gasteiger partial charge in [0.15, 0.2) is 0 Å². The highest BCUT2D eigenvalue weighted by atomic mass is 14.8. The second-order valence-corrected chi connectivity index (χ2v) is 6.24. The number of aromatic nitrogens is 3. The topological polar surface area (TPSA) is 38.7 Å². The third-order valence-corrected chi connectivity index (χ3v) is 4.25. The first-order valence-electron chi connectivity index (χ1n) is 8.66. The molecule has 126 valence electrons. The van der Waals surface area contributed by atoms with Crippen LogP contribution in [-0.2, 0) is 0 Å². The van der Waals surface area contributed by atoms with Crippen LogP contribution in [0.2, 0.25) is 0 Å². The number of benzene rings is 1. The Kier molecular flexibility index (Phi) is 5.68. The van der Waals surface area contributed by atoms with Crippen molar-refractivity contribution in [3.8, 4) is 11.3 Å². The van der Waals surface area contributed by atoms with Gasteiger partial charge in [-0.25, -0.2) is 9.97 Å². The van der Waals surface area contributed by atoms with E-state index < -0.39 is 0 Å². The summed E-state index contributed by atoms with van der Waals surface area (Å²) in [5, 5.41) is 0. The van der Waals surface area contributed by atoms with E-state index in [1.807, 2.05) is 43.7 Å². The molecule has 0 radical (unpaired) electrons. The van der Waals surface area contributed by atoms with Gasteiger partial charge in [-0.1, -0.05) is 42.5 Å².